The first-order valence-electron chi connectivity index (χ1n) is 7.75. The Bertz CT molecular complexity index is 772. The highest BCUT2D eigenvalue weighted by molar-refractivity contribution is 6.09. The Kier molecular flexibility index (Phi) is 6.03. The van der Waals surface area contributed by atoms with Gasteiger partial charge in [-0.2, -0.15) is 0 Å². The Balaban J connectivity index is 2.11. The van der Waals surface area contributed by atoms with Gasteiger partial charge in [0, 0.05) is 11.1 Å². The van der Waals surface area contributed by atoms with Crippen LogP contribution in [0.2, 0.25) is 0 Å². The number of carboxylic acid groups (broad SMARTS) is 1. The lowest BCUT2D eigenvalue weighted by molar-refractivity contribution is -0.148. The topological polar surface area (TPSA) is 107 Å². The number of ketones is 1. The Labute approximate surface area is 145 Å². The molecule has 0 aliphatic rings. The van der Waals surface area contributed by atoms with Gasteiger partial charge in [0.1, 0.15) is 12.6 Å². The molecule has 25 heavy (non-hydrogen) atoms. The Morgan fingerprint density at radius 3 is 2.32 bits per heavy atom. The molecule has 0 spiro atoms. The number of esters is 1. The second-order valence-corrected chi connectivity index (χ2v) is 5.62. The summed E-state index contributed by atoms with van der Waals surface area (Å²) in [6.07, 6.45) is 0. The third kappa shape index (κ3) is 4.74. The van der Waals surface area contributed by atoms with Crippen LogP contribution in [0.5, 0.6) is 0 Å². The molecule has 0 fully saturated rings. The number of aliphatic carboxylic acids is 1. The molecule has 0 bridgehead atoms. The molecule has 0 saturated heterocycles. The van der Waals surface area contributed by atoms with Gasteiger partial charge in [0.15, 0.2) is 5.78 Å². The van der Waals surface area contributed by atoms with Gasteiger partial charge in [0.25, 0.3) is 0 Å². The number of nitrogens with two attached hydrogens (primary N) is 1. The van der Waals surface area contributed by atoms with E-state index in [2.05, 4.69) is 0 Å². The van der Waals surface area contributed by atoms with E-state index < -0.39 is 30.5 Å². The van der Waals surface area contributed by atoms with Crippen molar-refractivity contribution in [3.63, 3.8) is 0 Å². The Hall–Kier alpha value is -2.99. The first kappa shape index (κ1) is 18.4. The zero-order chi connectivity index (χ0) is 18.4. The highest BCUT2D eigenvalue weighted by Crippen LogP contribution is 2.20. The van der Waals surface area contributed by atoms with E-state index in [1.807, 2.05) is 6.07 Å². The number of carbonyl (C=O) groups excluding carboxylic acids is 2. The lowest BCUT2D eigenvalue weighted by Gasteiger charge is -2.14. The van der Waals surface area contributed by atoms with Gasteiger partial charge in [-0.1, -0.05) is 48.5 Å². The number of hydrogen-bond donors (Lipinski definition) is 2. The molecule has 0 heterocycles. The van der Waals surface area contributed by atoms with Crippen LogP contribution in [0, 0.1) is 0 Å². The van der Waals surface area contributed by atoms with Crippen LogP contribution in [0.25, 0.3) is 0 Å². The summed E-state index contributed by atoms with van der Waals surface area (Å²) >= 11 is 0. The minimum Gasteiger partial charge on any atom is -0.480 e. The molecular formula is C19H19NO5. The van der Waals surface area contributed by atoms with Crippen molar-refractivity contribution in [1.82, 2.24) is 0 Å². The van der Waals surface area contributed by atoms with E-state index in [0.29, 0.717) is 16.7 Å². The monoisotopic (exact) mass is 341 g/mol. The highest BCUT2D eigenvalue weighted by Gasteiger charge is 2.21. The van der Waals surface area contributed by atoms with Crippen LogP contribution in [0.3, 0.4) is 0 Å². The number of rotatable bonds is 7. The molecule has 130 valence electrons. The van der Waals surface area contributed by atoms with E-state index in [4.69, 9.17) is 15.6 Å². The number of benzene rings is 2. The van der Waals surface area contributed by atoms with Gasteiger partial charge in [-0.05, 0) is 18.6 Å². The Morgan fingerprint density at radius 1 is 1.04 bits per heavy atom. The predicted octanol–water partition coefficient (Wildman–Crippen LogP) is 1.98. The van der Waals surface area contributed by atoms with E-state index in [9.17, 15) is 14.4 Å². The summed E-state index contributed by atoms with van der Waals surface area (Å²) in [5.74, 6) is -2.63. The zero-order valence-electron chi connectivity index (χ0n) is 13.7. The molecule has 3 N–H and O–H groups in total. The maximum Gasteiger partial charge on any atom is 0.324 e. The SMILES string of the molecule is C[C@@H](C(=O)OC[C@H](N)C(=O)O)c1cccc(C(=O)c2ccccc2)c1. The van der Waals surface area contributed by atoms with E-state index >= 15 is 0 Å². The third-order valence-electron chi connectivity index (χ3n) is 3.76. The number of carboxylic acids is 1. The van der Waals surface area contributed by atoms with Crippen molar-refractivity contribution >= 4 is 17.7 Å². The number of hydrogen-bond acceptors (Lipinski definition) is 5. The maximum atomic E-state index is 12.5. The molecule has 0 aliphatic carbocycles. The molecule has 0 amide bonds. The van der Waals surface area contributed by atoms with Gasteiger partial charge in [-0.3, -0.25) is 14.4 Å². The first-order valence-corrected chi connectivity index (χ1v) is 7.75. The van der Waals surface area contributed by atoms with Crippen molar-refractivity contribution in [1.29, 1.82) is 0 Å². The van der Waals surface area contributed by atoms with E-state index in [1.54, 1.807) is 55.5 Å². The molecule has 2 atom stereocenters. The summed E-state index contributed by atoms with van der Waals surface area (Å²) in [4.78, 5) is 35.2. The molecule has 2 aromatic rings. The summed E-state index contributed by atoms with van der Waals surface area (Å²) in [5, 5.41) is 8.70. The lowest BCUT2D eigenvalue weighted by atomic mass is 9.96. The molecule has 2 rings (SSSR count). The standard InChI is InChI=1S/C19H19NO5/c1-12(19(24)25-11-16(20)18(22)23)14-8-5-9-15(10-14)17(21)13-6-3-2-4-7-13/h2-10,12,16H,11,20H2,1H3,(H,22,23)/t12-,16+/m1/s1. The first-order chi connectivity index (χ1) is 11.9. The zero-order valence-corrected chi connectivity index (χ0v) is 13.7. The fraction of sp³-hybridized carbons (Fsp3) is 0.211. The summed E-state index contributed by atoms with van der Waals surface area (Å²) in [6.45, 7) is 1.22. The second-order valence-electron chi connectivity index (χ2n) is 5.62. The van der Waals surface area contributed by atoms with Crippen LogP contribution in [-0.4, -0.2) is 35.5 Å². The summed E-state index contributed by atoms with van der Waals surface area (Å²) in [5.41, 5.74) is 6.94. The minimum atomic E-state index is -1.26. The highest BCUT2D eigenvalue weighted by atomic mass is 16.5. The van der Waals surface area contributed by atoms with E-state index in [0.717, 1.165) is 0 Å². The normalized spacial score (nSPS) is 12.9. The molecule has 0 saturated carbocycles. The molecule has 6 nitrogen and oxygen atoms in total. The maximum absolute atomic E-state index is 12.5. The van der Waals surface area contributed by atoms with Gasteiger partial charge < -0.3 is 15.6 Å². The van der Waals surface area contributed by atoms with E-state index in [-0.39, 0.29) is 5.78 Å². The van der Waals surface area contributed by atoms with Crippen LogP contribution in [-0.2, 0) is 14.3 Å². The fourth-order valence-corrected chi connectivity index (χ4v) is 2.21. The minimum absolute atomic E-state index is 0.143. The van der Waals surface area contributed by atoms with Crippen LogP contribution in [0.1, 0.15) is 34.3 Å². The van der Waals surface area contributed by atoms with Crippen molar-refractivity contribution in [2.45, 2.75) is 18.9 Å². The summed E-state index contributed by atoms with van der Waals surface area (Å²) < 4.78 is 4.94. The van der Waals surface area contributed by atoms with Crippen molar-refractivity contribution in [3.05, 3.63) is 71.3 Å². The van der Waals surface area contributed by atoms with Crippen molar-refractivity contribution in [3.8, 4) is 0 Å². The third-order valence-corrected chi connectivity index (χ3v) is 3.76. The predicted molar refractivity (Wildman–Crippen MR) is 91.3 cm³/mol. The second kappa shape index (κ2) is 8.21. The lowest BCUT2D eigenvalue weighted by Crippen LogP contribution is -2.36. The van der Waals surface area contributed by atoms with Crippen LogP contribution < -0.4 is 5.73 Å². The van der Waals surface area contributed by atoms with Gasteiger partial charge in [-0.25, -0.2) is 0 Å². The molecule has 2 aromatic carbocycles. The molecule has 0 aromatic heterocycles. The van der Waals surface area contributed by atoms with Crippen LogP contribution >= 0.6 is 0 Å². The average Bonchev–Trinajstić information content (AvgIpc) is 2.65. The number of ether oxygens (including phenoxy) is 1. The van der Waals surface area contributed by atoms with Crippen molar-refractivity contribution in [2.24, 2.45) is 5.73 Å². The van der Waals surface area contributed by atoms with Gasteiger partial charge in [0.05, 0.1) is 5.92 Å². The van der Waals surface area contributed by atoms with Gasteiger partial charge in [0.2, 0.25) is 0 Å². The van der Waals surface area contributed by atoms with Gasteiger partial charge >= 0.3 is 11.9 Å². The van der Waals surface area contributed by atoms with Crippen LogP contribution in [0.4, 0.5) is 0 Å². The molecular weight excluding hydrogens is 322 g/mol. The molecule has 0 radical (unpaired) electrons. The smallest absolute Gasteiger partial charge is 0.324 e. The van der Waals surface area contributed by atoms with Crippen molar-refractivity contribution < 1.29 is 24.2 Å². The molecule has 6 heteroatoms. The van der Waals surface area contributed by atoms with Crippen LogP contribution in [0.15, 0.2) is 54.6 Å². The van der Waals surface area contributed by atoms with Gasteiger partial charge in [-0.15, -0.1) is 0 Å². The summed E-state index contributed by atoms with van der Waals surface area (Å²) in [7, 11) is 0. The molecule has 0 aliphatic heterocycles. The quantitative estimate of drug-likeness (QED) is 0.589. The summed E-state index contributed by atoms with van der Waals surface area (Å²) in [6, 6.07) is 14.3. The fourth-order valence-electron chi connectivity index (χ4n) is 2.21. The Morgan fingerprint density at radius 2 is 1.68 bits per heavy atom. The molecule has 0 unspecified atom stereocenters. The average molecular weight is 341 g/mol. The largest absolute Gasteiger partial charge is 0.480 e. The van der Waals surface area contributed by atoms with Crippen molar-refractivity contribution in [2.75, 3.05) is 6.61 Å². The number of carbonyl (C=O) groups is 3. The van der Waals surface area contributed by atoms with E-state index in [1.165, 1.54) is 0 Å².